The molecule has 1 aliphatic rings. The van der Waals surface area contributed by atoms with E-state index in [0.29, 0.717) is 11.5 Å². The summed E-state index contributed by atoms with van der Waals surface area (Å²) in [6.45, 7) is 2.01. The number of carbonyl (C=O) groups excluding carboxylic acids is 1. The highest BCUT2D eigenvalue weighted by atomic mass is 16.2. The molecule has 6 nitrogen and oxygen atoms in total. The standard InChI is InChI=1S/C10H17N5O/c1-14-7-8(11)10(13-14)12-6-9(16)15-4-2-3-5-15/h7H,2-6,11H2,1H3,(H,12,13). The van der Waals surface area contributed by atoms with Crippen molar-refractivity contribution in [1.29, 1.82) is 0 Å². The topological polar surface area (TPSA) is 76.2 Å². The lowest BCUT2D eigenvalue weighted by Gasteiger charge is -2.15. The zero-order chi connectivity index (χ0) is 11.5. The Morgan fingerprint density at radius 2 is 2.25 bits per heavy atom. The van der Waals surface area contributed by atoms with E-state index in [4.69, 9.17) is 5.73 Å². The maximum absolute atomic E-state index is 11.7. The molecule has 1 aromatic heterocycles. The van der Waals surface area contributed by atoms with Gasteiger partial charge in [-0.1, -0.05) is 0 Å². The van der Waals surface area contributed by atoms with Gasteiger partial charge in [-0.25, -0.2) is 0 Å². The normalized spacial score (nSPS) is 15.4. The van der Waals surface area contributed by atoms with Gasteiger partial charge in [0, 0.05) is 26.3 Å². The Hall–Kier alpha value is -1.72. The van der Waals surface area contributed by atoms with Gasteiger partial charge in [0.05, 0.1) is 12.2 Å². The first-order valence-electron chi connectivity index (χ1n) is 5.47. The first kappa shape index (κ1) is 10.8. The van der Waals surface area contributed by atoms with E-state index in [0.717, 1.165) is 25.9 Å². The predicted molar refractivity (Wildman–Crippen MR) is 61.9 cm³/mol. The van der Waals surface area contributed by atoms with Gasteiger partial charge in [-0.05, 0) is 12.8 Å². The van der Waals surface area contributed by atoms with Gasteiger partial charge in [0.2, 0.25) is 5.91 Å². The Labute approximate surface area is 94.4 Å². The van der Waals surface area contributed by atoms with Crippen LogP contribution in [0.1, 0.15) is 12.8 Å². The molecule has 0 aliphatic carbocycles. The number of likely N-dealkylation sites (tertiary alicyclic amines) is 1. The van der Waals surface area contributed by atoms with Gasteiger partial charge in [0.1, 0.15) is 0 Å². The molecule has 1 saturated heterocycles. The van der Waals surface area contributed by atoms with Crippen LogP contribution in [0.2, 0.25) is 0 Å². The third-order valence-electron chi connectivity index (χ3n) is 2.72. The van der Waals surface area contributed by atoms with Crippen LogP contribution in [-0.4, -0.2) is 40.2 Å². The van der Waals surface area contributed by atoms with Crippen LogP contribution in [0.3, 0.4) is 0 Å². The lowest BCUT2D eigenvalue weighted by Crippen LogP contribution is -2.33. The molecule has 3 N–H and O–H groups in total. The molecule has 0 spiro atoms. The second kappa shape index (κ2) is 4.42. The third kappa shape index (κ3) is 2.26. The summed E-state index contributed by atoms with van der Waals surface area (Å²) in [5.41, 5.74) is 6.28. The molecule has 0 aromatic carbocycles. The third-order valence-corrected chi connectivity index (χ3v) is 2.72. The van der Waals surface area contributed by atoms with Gasteiger partial charge < -0.3 is 16.0 Å². The molecule has 16 heavy (non-hydrogen) atoms. The van der Waals surface area contributed by atoms with Crippen molar-refractivity contribution in [3.63, 3.8) is 0 Å². The van der Waals surface area contributed by atoms with Crippen molar-refractivity contribution in [2.45, 2.75) is 12.8 Å². The molecule has 0 radical (unpaired) electrons. The molecule has 2 rings (SSSR count). The number of hydrogen-bond donors (Lipinski definition) is 2. The molecule has 1 fully saturated rings. The largest absolute Gasteiger partial charge is 0.394 e. The van der Waals surface area contributed by atoms with E-state index in [9.17, 15) is 4.79 Å². The Balaban J connectivity index is 1.87. The second-order valence-electron chi connectivity index (χ2n) is 4.05. The summed E-state index contributed by atoms with van der Waals surface area (Å²) in [6.07, 6.45) is 3.93. The Bertz CT molecular complexity index is 381. The summed E-state index contributed by atoms with van der Waals surface area (Å²) in [4.78, 5) is 13.6. The number of nitrogens with two attached hydrogens (primary N) is 1. The molecule has 0 atom stereocenters. The van der Waals surface area contributed by atoms with Gasteiger partial charge in [-0.15, -0.1) is 0 Å². The number of amides is 1. The first-order chi connectivity index (χ1) is 7.66. The SMILES string of the molecule is Cn1cc(N)c(NCC(=O)N2CCCC2)n1. The van der Waals surface area contributed by atoms with Crippen molar-refractivity contribution in [1.82, 2.24) is 14.7 Å². The maximum Gasteiger partial charge on any atom is 0.241 e. The molecule has 88 valence electrons. The van der Waals surface area contributed by atoms with Crippen molar-refractivity contribution in [3.8, 4) is 0 Å². The number of aromatic nitrogens is 2. The Morgan fingerprint density at radius 3 is 2.81 bits per heavy atom. The smallest absolute Gasteiger partial charge is 0.241 e. The van der Waals surface area contributed by atoms with Gasteiger partial charge in [0.15, 0.2) is 5.82 Å². The van der Waals surface area contributed by atoms with E-state index in [-0.39, 0.29) is 12.5 Å². The monoisotopic (exact) mass is 223 g/mol. The van der Waals surface area contributed by atoms with E-state index in [1.165, 1.54) is 0 Å². The number of rotatable bonds is 3. The van der Waals surface area contributed by atoms with Crippen LogP contribution in [0.5, 0.6) is 0 Å². The summed E-state index contributed by atoms with van der Waals surface area (Å²) in [7, 11) is 1.80. The van der Waals surface area contributed by atoms with E-state index >= 15 is 0 Å². The number of carbonyl (C=O) groups is 1. The Kier molecular flexibility index (Phi) is 2.98. The maximum atomic E-state index is 11.7. The van der Waals surface area contributed by atoms with Crippen molar-refractivity contribution in [2.75, 3.05) is 30.7 Å². The molecule has 0 unspecified atom stereocenters. The fraction of sp³-hybridized carbons (Fsp3) is 0.600. The minimum atomic E-state index is 0.113. The lowest BCUT2D eigenvalue weighted by atomic mass is 10.4. The minimum absolute atomic E-state index is 0.113. The second-order valence-corrected chi connectivity index (χ2v) is 4.05. The number of nitrogens with zero attached hydrogens (tertiary/aromatic N) is 3. The highest BCUT2D eigenvalue weighted by Crippen LogP contribution is 2.14. The van der Waals surface area contributed by atoms with Crippen molar-refractivity contribution in [3.05, 3.63) is 6.20 Å². The molecule has 0 bridgehead atoms. The summed E-state index contributed by atoms with van der Waals surface area (Å²) >= 11 is 0. The van der Waals surface area contributed by atoms with Crippen LogP contribution in [0.4, 0.5) is 11.5 Å². The zero-order valence-electron chi connectivity index (χ0n) is 9.44. The van der Waals surface area contributed by atoms with Gasteiger partial charge in [-0.2, -0.15) is 5.10 Å². The van der Waals surface area contributed by atoms with Crippen LogP contribution in [0, 0.1) is 0 Å². The average molecular weight is 223 g/mol. The van der Waals surface area contributed by atoms with E-state index in [1.807, 2.05) is 4.90 Å². The quantitative estimate of drug-likeness (QED) is 0.758. The molecule has 1 aliphatic heterocycles. The lowest BCUT2D eigenvalue weighted by molar-refractivity contribution is -0.128. The van der Waals surface area contributed by atoms with E-state index in [1.54, 1.807) is 17.9 Å². The molecule has 1 amide bonds. The zero-order valence-corrected chi connectivity index (χ0v) is 9.44. The molecule has 2 heterocycles. The summed E-state index contributed by atoms with van der Waals surface area (Å²) < 4.78 is 1.62. The molecular weight excluding hydrogens is 206 g/mol. The molecule has 1 aromatic rings. The summed E-state index contributed by atoms with van der Waals surface area (Å²) in [6, 6.07) is 0. The van der Waals surface area contributed by atoms with Crippen LogP contribution in [-0.2, 0) is 11.8 Å². The van der Waals surface area contributed by atoms with Gasteiger partial charge in [-0.3, -0.25) is 9.48 Å². The van der Waals surface area contributed by atoms with Crippen LogP contribution in [0.15, 0.2) is 6.20 Å². The molecule has 0 saturated carbocycles. The Morgan fingerprint density at radius 1 is 1.56 bits per heavy atom. The highest BCUT2D eigenvalue weighted by Gasteiger charge is 2.17. The van der Waals surface area contributed by atoms with Crippen molar-refractivity contribution >= 4 is 17.4 Å². The molecule has 6 heteroatoms. The summed E-state index contributed by atoms with van der Waals surface area (Å²) in [5, 5.41) is 7.08. The number of anilines is 2. The van der Waals surface area contributed by atoms with Crippen molar-refractivity contribution < 1.29 is 4.79 Å². The first-order valence-corrected chi connectivity index (χ1v) is 5.47. The van der Waals surface area contributed by atoms with Gasteiger partial charge >= 0.3 is 0 Å². The number of aryl methyl sites for hydroxylation is 1. The fourth-order valence-electron chi connectivity index (χ4n) is 1.88. The predicted octanol–water partition coefficient (Wildman–Crippen LogP) is 0.0366. The average Bonchev–Trinajstić information content (AvgIpc) is 2.84. The molecular formula is C10H17N5O. The van der Waals surface area contributed by atoms with E-state index in [2.05, 4.69) is 10.4 Å². The van der Waals surface area contributed by atoms with E-state index < -0.39 is 0 Å². The van der Waals surface area contributed by atoms with Crippen LogP contribution < -0.4 is 11.1 Å². The number of hydrogen-bond acceptors (Lipinski definition) is 4. The highest BCUT2D eigenvalue weighted by molar-refractivity contribution is 5.81. The fourth-order valence-corrected chi connectivity index (χ4v) is 1.88. The summed E-state index contributed by atoms with van der Waals surface area (Å²) in [5.74, 6) is 0.692. The number of nitrogen functional groups attached to an aromatic ring is 1. The van der Waals surface area contributed by atoms with Gasteiger partial charge in [0.25, 0.3) is 0 Å². The van der Waals surface area contributed by atoms with Crippen LogP contribution in [0.25, 0.3) is 0 Å². The number of nitrogens with one attached hydrogen (secondary N) is 1. The minimum Gasteiger partial charge on any atom is -0.394 e. The van der Waals surface area contributed by atoms with Crippen LogP contribution >= 0.6 is 0 Å². The van der Waals surface area contributed by atoms with Crippen molar-refractivity contribution in [2.24, 2.45) is 7.05 Å².